The van der Waals surface area contributed by atoms with Crippen LogP contribution in [0.1, 0.15) is 19.3 Å². The molecule has 0 spiro atoms. The lowest BCUT2D eigenvalue weighted by atomic mass is 10.0. The first-order chi connectivity index (χ1) is 13.0. The molecule has 2 atom stereocenters. The number of carbonyl (C=O) groups excluding carboxylic acids is 1. The molecule has 3 aromatic rings. The Balaban J connectivity index is 1.48. The van der Waals surface area contributed by atoms with Gasteiger partial charge in [-0.2, -0.15) is 0 Å². The predicted octanol–water partition coefficient (Wildman–Crippen LogP) is 3.68. The third-order valence-electron chi connectivity index (χ3n) is 5.35. The Hall–Kier alpha value is -3.15. The van der Waals surface area contributed by atoms with Crippen molar-refractivity contribution in [3.63, 3.8) is 0 Å². The average Bonchev–Trinajstić information content (AvgIpc) is 3.29. The second kappa shape index (κ2) is 6.87. The van der Waals surface area contributed by atoms with Crippen molar-refractivity contribution in [2.45, 2.75) is 19.3 Å². The minimum Gasteiger partial charge on any atom is -0.481 e. The van der Waals surface area contributed by atoms with Crippen LogP contribution >= 0.6 is 0 Å². The number of hydrogen-bond acceptors (Lipinski definition) is 3. The molecule has 0 saturated heterocycles. The maximum atomic E-state index is 12.4. The van der Waals surface area contributed by atoms with Gasteiger partial charge in [-0.1, -0.05) is 12.1 Å². The summed E-state index contributed by atoms with van der Waals surface area (Å²) < 4.78 is 2.05. The lowest BCUT2D eigenvalue weighted by molar-refractivity contribution is -0.141. The summed E-state index contributed by atoms with van der Waals surface area (Å²) in [6.07, 6.45) is 1.61. The summed E-state index contributed by atoms with van der Waals surface area (Å²) in [5.74, 6) is -0.674. The summed E-state index contributed by atoms with van der Waals surface area (Å²) in [7, 11) is 1.99. The van der Waals surface area contributed by atoms with Crippen LogP contribution in [0.25, 0.3) is 22.4 Å². The highest BCUT2D eigenvalue weighted by Gasteiger charge is 2.33. The second-order valence-corrected chi connectivity index (χ2v) is 7.09. The molecule has 1 heterocycles. The highest BCUT2D eigenvalue weighted by Crippen LogP contribution is 2.32. The second-order valence-electron chi connectivity index (χ2n) is 7.09. The lowest BCUT2D eigenvalue weighted by Crippen LogP contribution is -2.21. The fourth-order valence-electron chi connectivity index (χ4n) is 3.79. The summed E-state index contributed by atoms with van der Waals surface area (Å²) in [6, 6.07) is 15.6. The van der Waals surface area contributed by atoms with Gasteiger partial charge in [-0.3, -0.25) is 9.59 Å². The van der Waals surface area contributed by atoms with E-state index in [0.29, 0.717) is 24.9 Å². The van der Waals surface area contributed by atoms with Crippen molar-refractivity contribution in [3.05, 3.63) is 48.5 Å². The molecule has 138 valence electrons. The lowest BCUT2D eigenvalue weighted by Gasteiger charge is -2.11. The van der Waals surface area contributed by atoms with E-state index in [2.05, 4.69) is 10.3 Å². The zero-order valence-corrected chi connectivity index (χ0v) is 15.1. The van der Waals surface area contributed by atoms with E-state index in [1.165, 1.54) is 0 Å². The molecule has 1 aliphatic carbocycles. The first kappa shape index (κ1) is 17.3. The smallest absolute Gasteiger partial charge is 0.306 e. The Kier molecular flexibility index (Phi) is 4.39. The molecular weight excluding hydrogens is 342 g/mol. The molecular formula is C21H21N3O3. The van der Waals surface area contributed by atoms with Crippen molar-refractivity contribution in [3.8, 4) is 11.4 Å². The zero-order valence-electron chi connectivity index (χ0n) is 15.1. The quantitative estimate of drug-likeness (QED) is 0.741. The molecule has 6 nitrogen and oxygen atoms in total. The third kappa shape index (κ3) is 3.30. The van der Waals surface area contributed by atoms with Gasteiger partial charge < -0.3 is 15.0 Å². The number of aryl methyl sites for hydroxylation is 1. The molecule has 0 aliphatic heterocycles. The van der Waals surface area contributed by atoms with Crippen molar-refractivity contribution in [2.75, 3.05) is 5.32 Å². The number of anilines is 1. The van der Waals surface area contributed by atoms with Gasteiger partial charge in [0.2, 0.25) is 5.91 Å². The first-order valence-electron chi connectivity index (χ1n) is 9.08. The van der Waals surface area contributed by atoms with E-state index in [1.54, 1.807) is 0 Å². The standard InChI is InChI=1S/C21H21N3O3/c1-24-18-5-3-2-4-17(18)23-19(24)13-8-10-16(11-9-13)22-20(25)14-6-7-15(12-14)21(26)27/h2-5,8-11,14-15H,6-7,12H2,1H3,(H,22,25)(H,26,27)/t14-,15+/m1/s1. The number of nitrogens with zero attached hydrogens (tertiary/aromatic N) is 2. The van der Waals surface area contributed by atoms with Gasteiger partial charge in [0, 0.05) is 24.2 Å². The normalized spacial score (nSPS) is 19.3. The molecule has 0 bridgehead atoms. The highest BCUT2D eigenvalue weighted by atomic mass is 16.4. The van der Waals surface area contributed by atoms with Crippen LogP contribution in [0.3, 0.4) is 0 Å². The maximum Gasteiger partial charge on any atom is 0.306 e. The fourth-order valence-corrected chi connectivity index (χ4v) is 3.79. The Morgan fingerprint density at radius 3 is 2.44 bits per heavy atom. The Bertz CT molecular complexity index is 1010. The Morgan fingerprint density at radius 2 is 1.78 bits per heavy atom. The molecule has 1 fully saturated rings. The number of nitrogens with one attached hydrogen (secondary N) is 1. The summed E-state index contributed by atoms with van der Waals surface area (Å²) in [5, 5.41) is 12.0. The van der Waals surface area contributed by atoms with Crippen molar-refractivity contribution in [1.82, 2.24) is 9.55 Å². The van der Waals surface area contributed by atoms with Gasteiger partial charge in [-0.15, -0.1) is 0 Å². The zero-order chi connectivity index (χ0) is 19.0. The van der Waals surface area contributed by atoms with Crippen molar-refractivity contribution >= 4 is 28.6 Å². The monoisotopic (exact) mass is 363 g/mol. The molecule has 27 heavy (non-hydrogen) atoms. The van der Waals surface area contributed by atoms with Gasteiger partial charge in [-0.25, -0.2) is 4.98 Å². The number of hydrogen-bond donors (Lipinski definition) is 2. The highest BCUT2D eigenvalue weighted by molar-refractivity contribution is 5.93. The number of carboxylic acid groups (broad SMARTS) is 1. The van der Waals surface area contributed by atoms with E-state index in [9.17, 15) is 9.59 Å². The van der Waals surface area contributed by atoms with Gasteiger partial charge in [0.05, 0.1) is 17.0 Å². The number of rotatable bonds is 4. The summed E-state index contributed by atoms with van der Waals surface area (Å²) in [5.41, 5.74) is 3.69. The van der Waals surface area contributed by atoms with E-state index in [1.807, 2.05) is 60.1 Å². The van der Waals surface area contributed by atoms with Gasteiger partial charge in [0.1, 0.15) is 5.82 Å². The minimum absolute atomic E-state index is 0.103. The van der Waals surface area contributed by atoms with Gasteiger partial charge in [0.15, 0.2) is 0 Å². The average molecular weight is 363 g/mol. The molecule has 1 aliphatic rings. The SMILES string of the molecule is Cn1c(-c2ccc(NC(=O)[C@@H]3CC[C@H](C(=O)O)C3)cc2)nc2ccccc21. The van der Waals surface area contributed by atoms with Crippen LogP contribution in [0.5, 0.6) is 0 Å². The number of carboxylic acids is 1. The molecule has 2 N–H and O–H groups in total. The number of amides is 1. The van der Waals surface area contributed by atoms with Crippen LogP contribution in [-0.2, 0) is 16.6 Å². The topological polar surface area (TPSA) is 84.2 Å². The van der Waals surface area contributed by atoms with Crippen molar-refractivity contribution < 1.29 is 14.7 Å². The maximum absolute atomic E-state index is 12.4. The number of fused-ring (bicyclic) bond motifs is 1. The summed E-state index contributed by atoms with van der Waals surface area (Å²) in [6.45, 7) is 0. The fraction of sp³-hybridized carbons (Fsp3) is 0.286. The van der Waals surface area contributed by atoms with E-state index in [0.717, 1.165) is 22.4 Å². The van der Waals surface area contributed by atoms with Gasteiger partial charge in [-0.05, 0) is 55.7 Å². The van der Waals surface area contributed by atoms with Crippen LogP contribution < -0.4 is 5.32 Å². The molecule has 6 heteroatoms. The molecule has 1 amide bonds. The first-order valence-corrected chi connectivity index (χ1v) is 9.08. The number of benzene rings is 2. The minimum atomic E-state index is -0.808. The molecule has 0 unspecified atom stereocenters. The van der Waals surface area contributed by atoms with E-state index in [4.69, 9.17) is 5.11 Å². The van der Waals surface area contributed by atoms with Crippen LogP contribution in [0.2, 0.25) is 0 Å². The summed E-state index contributed by atoms with van der Waals surface area (Å²) in [4.78, 5) is 28.1. The summed E-state index contributed by atoms with van der Waals surface area (Å²) >= 11 is 0. The number of imidazole rings is 1. The van der Waals surface area contributed by atoms with E-state index < -0.39 is 11.9 Å². The van der Waals surface area contributed by atoms with Gasteiger partial charge >= 0.3 is 5.97 Å². The molecule has 0 radical (unpaired) electrons. The van der Waals surface area contributed by atoms with Crippen LogP contribution in [0.4, 0.5) is 5.69 Å². The van der Waals surface area contributed by atoms with E-state index in [-0.39, 0.29) is 11.8 Å². The number of aromatic nitrogens is 2. The number of para-hydroxylation sites is 2. The largest absolute Gasteiger partial charge is 0.481 e. The number of aliphatic carboxylic acids is 1. The Morgan fingerprint density at radius 1 is 1.07 bits per heavy atom. The third-order valence-corrected chi connectivity index (χ3v) is 5.35. The number of carbonyl (C=O) groups is 2. The predicted molar refractivity (Wildman–Crippen MR) is 103 cm³/mol. The molecule has 1 aromatic heterocycles. The van der Waals surface area contributed by atoms with Crippen LogP contribution in [-0.4, -0.2) is 26.5 Å². The van der Waals surface area contributed by atoms with Crippen LogP contribution in [0, 0.1) is 11.8 Å². The molecule has 2 aromatic carbocycles. The van der Waals surface area contributed by atoms with Crippen molar-refractivity contribution in [2.24, 2.45) is 18.9 Å². The van der Waals surface area contributed by atoms with Crippen molar-refractivity contribution in [1.29, 1.82) is 0 Å². The van der Waals surface area contributed by atoms with E-state index >= 15 is 0 Å². The molecule has 4 rings (SSSR count). The van der Waals surface area contributed by atoms with Crippen LogP contribution in [0.15, 0.2) is 48.5 Å². The Labute approximate surface area is 156 Å². The van der Waals surface area contributed by atoms with Gasteiger partial charge in [0.25, 0.3) is 0 Å². The molecule has 1 saturated carbocycles.